The molecule has 1 saturated heterocycles. The molecule has 3 aliphatic rings. The van der Waals surface area contributed by atoms with Gasteiger partial charge in [0.15, 0.2) is 12.0 Å². The topological polar surface area (TPSA) is 204 Å². The lowest BCUT2D eigenvalue weighted by molar-refractivity contribution is -0.156. The van der Waals surface area contributed by atoms with Crippen molar-refractivity contribution in [3.8, 4) is 0 Å². The number of benzene rings is 1. The maximum atomic E-state index is 14.8. The largest absolute Gasteiger partial charge is 0.459 e. The molecule has 22 heteroatoms. The Kier molecular flexibility index (Phi) is 11.0. The number of nitrogens with zero attached hydrogens (tertiary/aromatic N) is 4. The Hall–Kier alpha value is -3.59. The number of hydrogen-bond donors (Lipinski definition) is 4. The SMILES string of the molecule is CCN(NS(C)(=O)=O)c1ncnc2c1ccn2C1OC(COP(=O)(NC2(C)C(=O)OCc3c(C(F)(F)F)cccc32)OC2=CC=C(Cl)C(C)C2)[C@@H](O)[C@@]1(C)O. The van der Waals surface area contributed by atoms with Crippen LogP contribution in [0, 0.1) is 5.92 Å². The minimum atomic E-state index is -4.83. The summed E-state index contributed by atoms with van der Waals surface area (Å²) in [6.07, 6.45) is -2.55. The van der Waals surface area contributed by atoms with Gasteiger partial charge in [0.25, 0.3) is 0 Å². The van der Waals surface area contributed by atoms with Crippen LogP contribution in [-0.2, 0) is 56.2 Å². The van der Waals surface area contributed by atoms with Crippen molar-refractivity contribution in [3.05, 3.63) is 76.4 Å². The molecule has 2 aromatic heterocycles. The van der Waals surface area contributed by atoms with Crippen LogP contribution in [0.3, 0.4) is 0 Å². The predicted octanol–water partition coefficient (Wildman–Crippen LogP) is 4.50. The fraction of sp³-hybridized carbons (Fsp3) is 0.485. The summed E-state index contributed by atoms with van der Waals surface area (Å²) in [6, 6.07) is 4.77. The van der Waals surface area contributed by atoms with Gasteiger partial charge in [-0.15, -0.1) is 4.83 Å². The van der Waals surface area contributed by atoms with E-state index >= 15 is 0 Å². The molecule has 16 nitrogen and oxygen atoms in total. The van der Waals surface area contributed by atoms with Gasteiger partial charge < -0.3 is 28.8 Å². The van der Waals surface area contributed by atoms with Gasteiger partial charge in [0, 0.05) is 29.8 Å². The second-order valence-electron chi connectivity index (χ2n) is 13.8. The number of anilines is 1. The number of hydrazine groups is 1. The number of carbonyl (C=O) groups excluding carboxylic acids is 1. The smallest absolute Gasteiger partial charge is 0.459 e. The number of hydrogen-bond acceptors (Lipinski definition) is 13. The zero-order valence-corrected chi connectivity index (χ0v) is 32.5. The molecule has 0 spiro atoms. The number of ether oxygens (including phenoxy) is 2. The van der Waals surface area contributed by atoms with Gasteiger partial charge >= 0.3 is 19.9 Å². The molecule has 4 heterocycles. The van der Waals surface area contributed by atoms with E-state index in [1.54, 1.807) is 19.9 Å². The molecule has 3 aromatic rings. The molecule has 4 N–H and O–H groups in total. The molecular formula is C33H39ClF3N6O10PS. The van der Waals surface area contributed by atoms with Crippen molar-refractivity contribution < 1.29 is 59.7 Å². The lowest BCUT2D eigenvalue weighted by atomic mass is 9.85. The van der Waals surface area contributed by atoms with Crippen molar-refractivity contribution in [3.63, 3.8) is 0 Å². The predicted molar refractivity (Wildman–Crippen MR) is 191 cm³/mol. The van der Waals surface area contributed by atoms with Gasteiger partial charge in [0.1, 0.15) is 47.7 Å². The van der Waals surface area contributed by atoms with Crippen molar-refractivity contribution in [2.24, 2.45) is 5.92 Å². The number of allylic oxidation sites excluding steroid dienone is 4. The van der Waals surface area contributed by atoms with Gasteiger partial charge in [-0.05, 0) is 56.5 Å². The van der Waals surface area contributed by atoms with Crippen LogP contribution in [-0.4, -0.2) is 76.4 Å². The number of aromatic nitrogens is 3. The number of fused-ring (bicyclic) bond motifs is 2. The third-order valence-electron chi connectivity index (χ3n) is 9.53. The van der Waals surface area contributed by atoms with Crippen LogP contribution in [0.25, 0.3) is 11.0 Å². The summed E-state index contributed by atoms with van der Waals surface area (Å²) in [7, 11) is -8.52. The molecule has 0 amide bonds. The van der Waals surface area contributed by atoms with E-state index in [9.17, 15) is 41.2 Å². The molecule has 0 radical (unpaired) electrons. The number of nitrogens with one attached hydrogen (secondary N) is 2. The molecule has 55 heavy (non-hydrogen) atoms. The summed E-state index contributed by atoms with van der Waals surface area (Å²) in [5.41, 5.74) is -5.63. The van der Waals surface area contributed by atoms with Gasteiger partial charge in [-0.1, -0.05) is 30.7 Å². The highest BCUT2D eigenvalue weighted by atomic mass is 35.5. The van der Waals surface area contributed by atoms with Crippen molar-refractivity contribution >= 4 is 52.2 Å². The first-order valence-electron chi connectivity index (χ1n) is 16.9. The average molecular weight is 835 g/mol. The molecule has 2 aliphatic heterocycles. The number of carbonyl (C=O) groups is 1. The van der Waals surface area contributed by atoms with Gasteiger partial charge in [0.2, 0.25) is 10.0 Å². The van der Waals surface area contributed by atoms with Gasteiger partial charge in [-0.2, -0.15) is 18.3 Å². The van der Waals surface area contributed by atoms with Crippen LogP contribution in [0.1, 0.15) is 57.0 Å². The normalized spacial score (nSPS) is 28.2. The zero-order chi connectivity index (χ0) is 40.3. The number of aliphatic hydroxyl groups is 2. The fourth-order valence-corrected chi connectivity index (χ4v) is 9.19. The second-order valence-corrected chi connectivity index (χ2v) is 17.6. The Bertz CT molecular complexity index is 2220. The van der Waals surface area contributed by atoms with E-state index in [-0.39, 0.29) is 47.2 Å². The first kappa shape index (κ1) is 41.1. The van der Waals surface area contributed by atoms with E-state index in [0.29, 0.717) is 10.4 Å². The standard InChI is InChI=1S/C33H39ClF3N6O10PS/c1-6-43(41-55(5,48)49)28-20-12-13-42(27(20)38-17-39-28)29-32(4,46)26(44)25(52-29)16-51-54(47,53-19-10-11-24(34)18(2)14-19)40-31(3)22-8-7-9-23(33(35,36)37)21(22)15-50-30(31)45/h7-13,17-18,25-26,29,41,44,46H,6,14-16H2,1-5H3,(H,40,47)/t18?,25?,26-,29?,31?,32-,54?/m1/s1. The molecule has 1 fully saturated rings. The quantitative estimate of drug-likeness (QED) is 0.113. The highest BCUT2D eigenvalue weighted by Crippen LogP contribution is 2.54. The van der Waals surface area contributed by atoms with E-state index < -0.39 is 78.3 Å². The third kappa shape index (κ3) is 8.01. The molecular weight excluding hydrogens is 796 g/mol. The van der Waals surface area contributed by atoms with E-state index in [1.165, 1.54) is 54.2 Å². The van der Waals surface area contributed by atoms with Crippen LogP contribution in [0.15, 0.2) is 59.7 Å². The van der Waals surface area contributed by atoms with Crippen LogP contribution >= 0.6 is 19.3 Å². The number of alkyl halides is 3. The van der Waals surface area contributed by atoms with E-state index in [2.05, 4.69) is 19.9 Å². The van der Waals surface area contributed by atoms with Crippen molar-refractivity contribution in [1.82, 2.24) is 24.5 Å². The number of sulfonamides is 1. The first-order chi connectivity index (χ1) is 25.6. The zero-order valence-electron chi connectivity index (χ0n) is 30.1. The minimum Gasteiger partial charge on any atom is -0.459 e. The van der Waals surface area contributed by atoms with E-state index in [1.807, 2.05) is 0 Å². The number of halogens is 4. The number of aliphatic hydroxyl groups excluding tert-OH is 1. The summed E-state index contributed by atoms with van der Waals surface area (Å²) in [4.78, 5) is 24.2. The summed E-state index contributed by atoms with van der Waals surface area (Å²) in [6.45, 7) is 4.69. The number of esters is 1. The van der Waals surface area contributed by atoms with Crippen LogP contribution in [0.4, 0.5) is 19.0 Å². The second kappa shape index (κ2) is 14.7. The Morgan fingerprint density at radius 2 is 1.95 bits per heavy atom. The lowest BCUT2D eigenvalue weighted by Crippen LogP contribution is -2.50. The highest BCUT2D eigenvalue weighted by molar-refractivity contribution is 7.88. The van der Waals surface area contributed by atoms with Crippen molar-refractivity contribution in [1.29, 1.82) is 0 Å². The molecule has 7 atom stereocenters. The summed E-state index contributed by atoms with van der Waals surface area (Å²) >= 11 is 6.23. The van der Waals surface area contributed by atoms with Crippen LogP contribution in [0.5, 0.6) is 0 Å². The van der Waals surface area contributed by atoms with Gasteiger partial charge in [-0.3, -0.25) is 9.53 Å². The highest BCUT2D eigenvalue weighted by Gasteiger charge is 2.55. The summed E-state index contributed by atoms with van der Waals surface area (Å²) < 4.78 is 105. The Morgan fingerprint density at radius 3 is 2.60 bits per heavy atom. The Balaban J connectivity index is 1.32. The lowest BCUT2D eigenvalue weighted by Gasteiger charge is -2.38. The first-order valence-corrected chi connectivity index (χ1v) is 20.7. The van der Waals surface area contributed by atoms with Crippen molar-refractivity contribution in [2.75, 3.05) is 24.4 Å². The molecule has 6 rings (SSSR count). The third-order valence-corrected chi connectivity index (χ3v) is 12.3. The molecule has 1 aliphatic carbocycles. The number of rotatable bonds is 12. The summed E-state index contributed by atoms with van der Waals surface area (Å²) in [5, 5.41) is 27.6. The van der Waals surface area contributed by atoms with Crippen molar-refractivity contribution in [2.45, 2.75) is 76.5 Å². The maximum absolute atomic E-state index is 14.8. The fourth-order valence-electron chi connectivity index (χ4n) is 6.72. The Labute approximate surface area is 318 Å². The van der Waals surface area contributed by atoms with E-state index in [4.69, 9.17) is 30.1 Å². The summed E-state index contributed by atoms with van der Waals surface area (Å²) in [5.74, 6) is -1.04. The number of cyclic esters (lactones) is 1. The molecule has 1 aromatic carbocycles. The molecule has 5 unspecified atom stereocenters. The average Bonchev–Trinajstić information content (AvgIpc) is 3.62. The Morgan fingerprint density at radius 1 is 1.22 bits per heavy atom. The molecule has 0 saturated carbocycles. The maximum Gasteiger partial charge on any atom is 0.459 e. The van der Waals surface area contributed by atoms with Crippen LogP contribution < -0.4 is 14.9 Å². The molecule has 0 bridgehead atoms. The van der Waals surface area contributed by atoms with E-state index in [0.717, 1.165) is 18.4 Å². The minimum absolute atomic E-state index is 0.100. The monoisotopic (exact) mass is 834 g/mol. The van der Waals surface area contributed by atoms with Crippen LogP contribution in [0.2, 0.25) is 0 Å². The van der Waals surface area contributed by atoms with Gasteiger partial charge in [0.05, 0.1) is 23.8 Å². The molecule has 300 valence electrons. The van der Waals surface area contributed by atoms with Gasteiger partial charge in [-0.25, -0.2) is 27.7 Å².